The summed E-state index contributed by atoms with van der Waals surface area (Å²) in [6.45, 7) is 5.33. The molecule has 0 saturated carbocycles. The Kier molecular flexibility index (Phi) is 3.11. The standard InChI is InChI=1S/C12H18N2O/c1-10-4-5-11(15-2)8-12(10)14-7-3-6-13-9-14/h4-5,8,13H,3,6-7,9H2,1-2H3. The van der Waals surface area contributed by atoms with Gasteiger partial charge in [0, 0.05) is 18.3 Å². The number of nitrogens with zero attached hydrogens (tertiary/aromatic N) is 1. The van der Waals surface area contributed by atoms with Crippen molar-refractivity contribution in [3.05, 3.63) is 23.8 Å². The van der Waals surface area contributed by atoms with Gasteiger partial charge < -0.3 is 9.64 Å². The molecule has 1 aliphatic rings. The third-order valence-corrected chi connectivity index (χ3v) is 2.84. The van der Waals surface area contributed by atoms with E-state index in [4.69, 9.17) is 4.74 Å². The molecule has 1 N–H and O–H groups in total. The molecular weight excluding hydrogens is 188 g/mol. The number of hydrogen-bond donors (Lipinski definition) is 1. The van der Waals surface area contributed by atoms with Gasteiger partial charge in [0.15, 0.2) is 0 Å². The van der Waals surface area contributed by atoms with Crippen LogP contribution in [0.15, 0.2) is 18.2 Å². The van der Waals surface area contributed by atoms with Crippen LogP contribution in [0, 0.1) is 6.92 Å². The molecule has 1 heterocycles. The molecule has 3 nitrogen and oxygen atoms in total. The van der Waals surface area contributed by atoms with Gasteiger partial charge in [-0.1, -0.05) is 6.07 Å². The molecule has 15 heavy (non-hydrogen) atoms. The largest absolute Gasteiger partial charge is 0.497 e. The van der Waals surface area contributed by atoms with Crippen LogP contribution >= 0.6 is 0 Å². The molecule has 3 heteroatoms. The zero-order chi connectivity index (χ0) is 10.7. The van der Waals surface area contributed by atoms with Crippen LogP contribution in [0.25, 0.3) is 0 Å². The molecule has 2 rings (SSSR count). The van der Waals surface area contributed by atoms with Crippen LogP contribution in [0.1, 0.15) is 12.0 Å². The lowest BCUT2D eigenvalue weighted by atomic mass is 10.1. The first kappa shape index (κ1) is 10.3. The molecule has 0 unspecified atom stereocenters. The van der Waals surface area contributed by atoms with Crippen molar-refractivity contribution in [2.45, 2.75) is 13.3 Å². The first-order valence-electron chi connectivity index (χ1n) is 5.41. The summed E-state index contributed by atoms with van der Waals surface area (Å²) in [4.78, 5) is 2.36. The lowest BCUT2D eigenvalue weighted by Crippen LogP contribution is -2.41. The van der Waals surface area contributed by atoms with Gasteiger partial charge in [-0.15, -0.1) is 0 Å². The number of rotatable bonds is 2. The molecule has 1 aromatic rings. The van der Waals surface area contributed by atoms with Crippen LogP contribution in [0.3, 0.4) is 0 Å². The summed E-state index contributed by atoms with van der Waals surface area (Å²) in [5, 5.41) is 3.38. The third kappa shape index (κ3) is 2.23. The Morgan fingerprint density at radius 1 is 1.40 bits per heavy atom. The van der Waals surface area contributed by atoms with Gasteiger partial charge in [-0.2, -0.15) is 0 Å². The second-order valence-corrected chi connectivity index (χ2v) is 3.93. The Morgan fingerprint density at radius 2 is 2.27 bits per heavy atom. The van der Waals surface area contributed by atoms with E-state index in [1.807, 2.05) is 6.07 Å². The summed E-state index contributed by atoms with van der Waals surface area (Å²) < 4.78 is 5.25. The molecule has 0 bridgehead atoms. The Labute approximate surface area is 91.0 Å². The quantitative estimate of drug-likeness (QED) is 0.798. The lowest BCUT2D eigenvalue weighted by molar-refractivity contribution is 0.414. The Morgan fingerprint density at radius 3 is 2.93 bits per heavy atom. The predicted octanol–water partition coefficient (Wildman–Crippen LogP) is 1.76. The highest BCUT2D eigenvalue weighted by atomic mass is 16.5. The number of methoxy groups -OCH3 is 1. The molecule has 0 radical (unpaired) electrons. The molecule has 0 atom stereocenters. The number of hydrogen-bond acceptors (Lipinski definition) is 3. The van der Waals surface area contributed by atoms with Crippen LogP contribution < -0.4 is 15.0 Å². The summed E-state index contributed by atoms with van der Waals surface area (Å²) in [5.41, 5.74) is 2.58. The summed E-state index contributed by atoms with van der Waals surface area (Å²) in [6.07, 6.45) is 1.21. The van der Waals surface area contributed by atoms with Gasteiger partial charge in [0.05, 0.1) is 13.8 Å². The average Bonchev–Trinajstić information content (AvgIpc) is 2.31. The first-order valence-corrected chi connectivity index (χ1v) is 5.41. The van der Waals surface area contributed by atoms with E-state index in [9.17, 15) is 0 Å². The molecule has 0 amide bonds. The van der Waals surface area contributed by atoms with E-state index in [2.05, 4.69) is 29.3 Å². The fourth-order valence-corrected chi connectivity index (χ4v) is 1.95. The van der Waals surface area contributed by atoms with Crippen LogP contribution in [-0.4, -0.2) is 26.9 Å². The fourth-order valence-electron chi connectivity index (χ4n) is 1.95. The number of benzene rings is 1. The number of anilines is 1. The molecule has 0 aliphatic carbocycles. The van der Waals surface area contributed by atoms with E-state index < -0.39 is 0 Å². The van der Waals surface area contributed by atoms with Crippen molar-refractivity contribution >= 4 is 5.69 Å². The molecule has 0 aromatic heterocycles. The average molecular weight is 206 g/mol. The summed E-state index contributed by atoms with van der Waals surface area (Å²) >= 11 is 0. The topological polar surface area (TPSA) is 24.5 Å². The maximum atomic E-state index is 5.25. The lowest BCUT2D eigenvalue weighted by Gasteiger charge is -2.30. The minimum atomic E-state index is 0.932. The highest BCUT2D eigenvalue weighted by Crippen LogP contribution is 2.25. The predicted molar refractivity (Wildman–Crippen MR) is 62.6 cm³/mol. The number of nitrogens with one attached hydrogen (secondary N) is 1. The van der Waals surface area contributed by atoms with Gasteiger partial charge in [-0.25, -0.2) is 0 Å². The van der Waals surface area contributed by atoms with E-state index in [0.29, 0.717) is 0 Å². The van der Waals surface area contributed by atoms with E-state index in [1.165, 1.54) is 17.7 Å². The SMILES string of the molecule is COc1ccc(C)c(N2CCCNC2)c1. The van der Waals surface area contributed by atoms with Gasteiger partial charge in [0.1, 0.15) is 5.75 Å². The second-order valence-electron chi connectivity index (χ2n) is 3.93. The Bertz CT molecular complexity index is 332. The molecule has 82 valence electrons. The van der Waals surface area contributed by atoms with Gasteiger partial charge in [-0.05, 0) is 31.5 Å². The van der Waals surface area contributed by atoms with Gasteiger partial charge >= 0.3 is 0 Å². The molecule has 1 aliphatic heterocycles. The zero-order valence-corrected chi connectivity index (χ0v) is 9.42. The fraction of sp³-hybridized carbons (Fsp3) is 0.500. The zero-order valence-electron chi connectivity index (χ0n) is 9.42. The summed E-state index contributed by atoms with van der Waals surface area (Å²) in [7, 11) is 1.71. The minimum absolute atomic E-state index is 0.932. The maximum absolute atomic E-state index is 5.25. The van der Waals surface area contributed by atoms with Crippen LogP contribution in [-0.2, 0) is 0 Å². The first-order chi connectivity index (χ1) is 7.31. The Hall–Kier alpha value is -1.22. The van der Waals surface area contributed by atoms with E-state index in [1.54, 1.807) is 7.11 Å². The minimum Gasteiger partial charge on any atom is -0.497 e. The van der Waals surface area contributed by atoms with Crippen molar-refractivity contribution in [2.24, 2.45) is 0 Å². The molecule has 1 saturated heterocycles. The molecule has 0 spiro atoms. The molecule has 1 aromatic carbocycles. The van der Waals surface area contributed by atoms with Crippen molar-refractivity contribution < 1.29 is 4.74 Å². The third-order valence-electron chi connectivity index (χ3n) is 2.84. The number of ether oxygens (including phenoxy) is 1. The number of aryl methyl sites for hydroxylation is 1. The molecular formula is C12H18N2O. The maximum Gasteiger partial charge on any atom is 0.120 e. The smallest absolute Gasteiger partial charge is 0.120 e. The normalized spacial score (nSPS) is 16.5. The van der Waals surface area contributed by atoms with Gasteiger partial charge in [0.25, 0.3) is 0 Å². The van der Waals surface area contributed by atoms with E-state index in [-0.39, 0.29) is 0 Å². The Balaban J connectivity index is 2.24. The summed E-state index contributed by atoms with van der Waals surface area (Å²) in [6, 6.07) is 6.24. The summed E-state index contributed by atoms with van der Waals surface area (Å²) in [5.74, 6) is 0.932. The molecule has 1 fully saturated rings. The van der Waals surface area contributed by atoms with Gasteiger partial charge in [0.2, 0.25) is 0 Å². The van der Waals surface area contributed by atoms with E-state index >= 15 is 0 Å². The van der Waals surface area contributed by atoms with Crippen LogP contribution in [0.2, 0.25) is 0 Å². The highest BCUT2D eigenvalue weighted by Gasteiger charge is 2.12. The van der Waals surface area contributed by atoms with Crippen LogP contribution in [0.4, 0.5) is 5.69 Å². The monoisotopic (exact) mass is 206 g/mol. The van der Waals surface area contributed by atoms with Crippen LogP contribution in [0.5, 0.6) is 5.75 Å². The van der Waals surface area contributed by atoms with Crippen molar-refractivity contribution in [2.75, 3.05) is 31.8 Å². The van der Waals surface area contributed by atoms with Crippen molar-refractivity contribution in [1.82, 2.24) is 5.32 Å². The van der Waals surface area contributed by atoms with Crippen molar-refractivity contribution in [1.29, 1.82) is 0 Å². The van der Waals surface area contributed by atoms with Gasteiger partial charge in [-0.3, -0.25) is 5.32 Å². The van der Waals surface area contributed by atoms with Crippen molar-refractivity contribution in [3.8, 4) is 5.75 Å². The highest BCUT2D eigenvalue weighted by molar-refractivity contribution is 5.56. The van der Waals surface area contributed by atoms with Crippen molar-refractivity contribution in [3.63, 3.8) is 0 Å². The van der Waals surface area contributed by atoms with E-state index in [0.717, 1.165) is 25.5 Å². The second kappa shape index (κ2) is 4.53.